The van der Waals surface area contributed by atoms with Gasteiger partial charge in [-0.05, 0) is 6.42 Å². The number of aliphatic hydroxyl groups is 1. The molecule has 1 aromatic rings. The zero-order valence-corrected chi connectivity index (χ0v) is 7.85. The average Bonchev–Trinajstić information content (AvgIpc) is 2.62. The van der Waals surface area contributed by atoms with E-state index in [9.17, 15) is 5.11 Å². The van der Waals surface area contributed by atoms with Crippen molar-refractivity contribution >= 4 is 0 Å². The Morgan fingerprint density at radius 2 is 2.54 bits per heavy atom. The van der Waals surface area contributed by atoms with Crippen molar-refractivity contribution in [2.24, 2.45) is 7.05 Å². The fourth-order valence-electron chi connectivity index (χ4n) is 1.77. The molecule has 0 bridgehead atoms. The number of hydrogen-bond acceptors (Lipinski definition) is 3. The molecule has 0 saturated carbocycles. The second kappa shape index (κ2) is 3.47. The Bertz CT molecular complexity index is 284. The van der Waals surface area contributed by atoms with E-state index in [1.54, 1.807) is 0 Å². The number of nitrogens with zero attached hydrogens (tertiary/aromatic N) is 3. The van der Waals surface area contributed by atoms with Crippen LogP contribution in [0.2, 0.25) is 0 Å². The van der Waals surface area contributed by atoms with Crippen molar-refractivity contribution < 1.29 is 5.11 Å². The number of aryl methyl sites for hydroxylation is 1. The Kier molecular flexibility index (Phi) is 2.33. The first kappa shape index (κ1) is 8.72. The molecule has 2 rings (SSSR count). The van der Waals surface area contributed by atoms with E-state index >= 15 is 0 Å². The van der Waals surface area contributed by atoms with Crippen LogP contribution in [0, 0.1) is 0 Å². The second-order valence-electron chi connectivity index (χ2n) is 3.70. The minimum atomic E-state index is -0.128. The lowest BCUT2D eigenvalue weighted by Crippen LogP contribution is -2.21. The molecule has 1 aromatic heterocycles. The molecule has 2 heterocycles. The van der Waals surface area contributed by atoms with Crippen LogP contribution in [-0.4, -0.2) is 39.0 Å². The van der Waals surface area contributed by atoms with Crippen LogP contribution in [0.3, 0.4) is 0 Å². The molecular weight excluding hydrogens is 166 g/mol. The first-order chi connectivity index (χ1) is 6.24. The fourth-order valence-corrected chi connectivity index (χ4v) is 1.77. The van der Waals surface area contributed by atoms with Gasteiger partial charge in [-0.1, -0.05) is 0 Å². The summed E-state index contributed by atoms with van der Waals surface area (Å²) in [7, 11) is 1.92. The Morgan fingerprint density at radius 3 is 3.08 bits per heavy atom. The molecule has 1 aliphatic rings. The van der Waals surface area contributed by atoms with Gasteiger partial charge in [0.05, 0.1) is 12.3 Å². The van der Waals surface area contributed by atoms with E-state index in [4.69, 9.17) is 0 Å². The van der Waals surface area contributed by atoms with Crippen LogP contribution in [0.4, 0.5) is 0 Å². The van der Waals surface area contributed by atoms with Crippen LogP contribution >= 0.6 is 0 Å². The Hall–Kier alpha value is -0.870. The lowest BCUT2D eigenvalue weighted by atomic mass is 10.3. The molecule has 0 radical (unpaired) electrons. The van der Waals surface area contributed by atoms with Crippen molar-refractivity contribution in [1.82, 2.24) is 14.7 Å². The van der Waals surface area contributed by atoms with Gasteiger partial charge in [0, 0.05) is 38.4 Å². The van der Waals surface area contributed by atoms with Gasteiger partial charge in [0.15, 0.2) is 0 Å². The molecule has 1 atom stereocenters. The van der Waals surface area contributed by atoms with E-state index in [0.717, 1.165) is 26.1 Å². The normalized spacial score (nSPS) is 24.0. The van der Waals surface area contributed by atoms with Gasteiger partial charge in [-0.25, -0.2) is 0 Å². The molecule has 1 N–H and O–H groups in total. The number of aliphatic hydroxyl groups excluding tert-OH is 1. The first-order valence-electron chi connectivity index (χ1n) is 4.62. The highest BCUT2D eigenvalue weighted by molar-refractivity contribution is 5.03. The molecule has 0 spiro atoms. The Labute approximate surface area is 77.8 Å². The number of rotatable bonds is 2. The van der Waals surface area contributed by atoms with Crippen molar-refractivity contribution in [3.8, 4) is 0 Å². The first-order valence-corrected chi connectivity index (χ1v) is 4.62. The Balaban J connectivity index is 1.91. The number of aromatic nitrogens is 2. The third-order valence-electron chi connectivity index (χ3n) is 2.41. The second-order valence-corrected chi connectivity index (χ2v) is 3.70. The predicted molar refractivity (Wildman–Crippen MR) is 49.1 cm³/mol. The summed E-state index contributed by atoms with van der Waals surface area (Å²) in [5, 5.41) is 13.4. The average molecular weight is 181 g/mol. The van der Waals surface area contributed by atoms with Gasteiger partial charge in [0.2, 0.25) is 0 Å². The third kappa shape index (κ3) is 2.08. The topological polar surface area (TPSA) is 41.3 Å². The molecule has 4 heteroatoms. The molecule has 0 aliphatic carbocycles. The van der Waals surface area contributed by atoms with Crippen molar-refractivity contribution in [2.45, 2.75) is 19.1 Å². The van der Waals surface area contributed by atoms with Crippen molar-refractivity contribution in [3.05, 3.63) is 18.0 Å². The quantitative estimate of drug-likeness (QED) is 0.697. The van der Waals surface area contributed by atoms with E-state index in [2.05, 4.69) is 10.00 Å². The molecule has 72 valence electrons. The van der Waals surface area contributed by atoms with Crippen molar-refractivity contribution in [2.75, 3.05) is 13.1 Å². The largest absolute Gasteiger partial charge is 0.392 e. The fraction of sp³-hybridized carbons (Fsp3) is 0.667. The number of hydrogen-bond donors (Lipinski definition) is 1. The molecule has 1 aliphatic heterocycles. The van der Waals surface area contributed by atoms with Crippen LogP contribution < -0.4 is 0 Å². The lowest BCUT2D eigenvalue weighted by molar-refractivity contribution is 0.175. The third-order valence-corrected chi connectivity index (χ3v) is 2.41. The predicted octanol–water partition coefficient (Wildman–Crippen LogP) is -0.0133. The molecular formula is C9H15N3O. The highest BCUT2D eigenvalue weighted by Crippen LogP contribution is 2.12. The summed E-state index contributed by atoms with van der Waals surface area (Å²) in [4.78, 5) is 2.25. The van der Waals surface area contributed by atoms with Gasteiger partial charge in [-0.15, -0.1) is 0 Å². The Morgan fingerprint density at radius 1 is 1.69 bits per heavy atom. The maximum atomic E-state index is 9.32. The lowest BCUT2D eigenvalue weighted by Gasteiger charge is -2.12. The summed E-state index contributed by atoms with van der Waals surface area (Å²) in [6.45, 7) is 2.70. The highest BCUT2D eigenvalue weighted by Gasteiger charge is 2.20. The maximum Gasteiger partial charge on any atom is 0.0679 e. The standard InChI is InChI=1S/C9H15N3O/c1-11-5-8(4-10-11)6-12-3-2-9(13)7-12/h4-5,9,13H,2-3,6-7H2,1H3. The van der Waals surface area contributed by atoms with Crippen LogP contribution in [0.25, 0.3) is 0 Å². The van der Waals surface area contributed by atoms with Gasteiger partial charge >= 0.3 is 0 Å². The summed E-state index contributed by atoms with van der Waals surface area (Å²) in [6.07, 6.45) is 4.67. The van der Waals surface area contributed by atoms with Crippen molar-refractivity contribution in [1.29, 1.82) is 0 Å². The van der Waals surface area contributed by atoms with Gasteiger partial charge in [-0.2, -0.15) is 5.10 Å². The molecule has 1 fully saturated rings. The molecule has 13 heavy (non-hydrogen) atoms. The number of β-amino-alcohol motifs (C(OH)–C–C–N with tert-alkyl or cyclic N) is 1. The molecule has 0 amide bonds. The van der Waals surface area contributed by atoms with E-state index in [1.165, 1.54) is 5.56 Å². The SMILES string of the molecule is Cn1cc(CN2CCC(O)C2)cn1. The monoisotopic (exact) mass is 181 g/mol. The van der Waals surface area contributed by atoms with Gasteiger partial charge in [0.25, 0.3) is 0 Å². The van der Waals surface area contributed by atoms with Gasteiger partial charge < -0.3 is 5.11 Å². The van der Waals surface area contributed by atoms with E-state index in [1.807, 2.05) is 24.1 Å². The summed E-state index contributed by atoms with van der Waals surface area (Å²) in [5.74, 6) is 0. The van der Waals surface area contributed by atoms with Gasteiger partial charge in [-0.3, -0.25) is 9.58 Å². The molecule has 4 nitrogen and oxygen atoms in total. The molecule has 1 unspecified atom stereocenters. The van der Waals surface area contributed by atoms with Gasteiger partial charge in [0.1, 0.15) is 0 Å². The van der Waals surface area contributed by atoms with Crippen LogP contribution in [0.15, 0.2) is 12.4 Å². The van der Waals surface area contributed by atoms with E-state index in [-0.39, 0.29) is 6.10 Å². The van der Waals surface area contributed by atoms with Crippen LogP contribution in [0.5, 0.6) is 0 Å². The summed E-state index contributed by atoms with van der Waals surface area (Å²) >= 11 is 0. The summed E-state index contributed by atoms with van der Waals surface area (Å²) < 4.78 is 1.81. The zero-order chi connectivity index (χ0) is 9.26. The number of likely N-dealkylation sites (tertiary alicyclic amines) is 1. The zero-order valence-electron chi connectivity index (χ0n) is 7.85. The molecule has 1 saturated heterocycles. The smallest absolute Gasteiger partial charge is 0.0679 e. The van der Waals surface area contributed by atoms with E-state index in [0.29, 0.717) is 0 Å². The van der Waals surface area contributed by atoms with Crippen molar-refractivity contribution in [3.63, 3.8) is 0 Å². The maximum absolute atomic E-state index is 9.32. The highest BCUT2D eigenvalue weighted by atomic mass is 16.3. The molecule has 0 aromatic carbocycles. The minimum Gasteiger partial charge on any atom is -0.392 e. The van der Waals surface area contributed by atoms with Crippen LogP contribution in [0.1, 0.15) is 12.0 Å². The summed E-state index contributed by atoms with van der Waals surface area (Å²) in [6, 6.07) is 0. The van der Waals surface area contributed by atoms with E-state index < -0.39 is 0 Å². The minimum absolute atomic E-state index is 0.128. The van der Waals surface area contributed by atoms with Crippen LogP contribution in [-0.2, 0) is 13.6 Å². The summed E-state index contributed by atoms with van der Waals surface area (Å²) in [5.41, 5.74) is 1.22.